The van der Waals surface area contributed by atoms with Gasteiger partial charge in [-0.05, 0) is 60.9 Å². The number of carbonyl (C=O) groups is 2. The molecule has 2 aromatic rings. The third-order valence-corrected chi connectivity index (χ3v) is 8.23. The van der Waals surface area contributed by atoms with Gasteiger partial charge in [0.2, 0.25) is 0 Å². The third kappa shape index (κ3) is 9.22. The maximum atomic E-state index is 13.4. The molecular weight excluding hydrogens is 502 g/mol. The molecule has 2 aromatic heterocycles. The smallest absolute Gasteiger partial charge is 0.432 e. The fraction of sp³-hybridized carbons (Fsp3) is 0.600. The second-order valence-corrected chi connectivity index (χ2v) is 11.8. The van der Waals surface area contributed by atoms with Crippen molar-refractivity contribution < 1.29 is 23.8 Å². The van der Waals surface area contributed by atoms with Gasteiger partial charge in [0.05, 0.1) is 7.11 Å². The Labute approximate surface area is 230 Å². The Bertz CT molecular complexity index is 1150. The van der Waals surface area contributed by atoms with Crippen molar-refractivity contribution in [1.29, 1.82) is 0 Å². The molecule has 1 N–H and O–H groups in total. The maximum Gasteiger partial charge on any atom is 0.432 e. The molecule has 2 rings (SSSR count). The second kappa shape index (κ2) is 15.0. The van der Waals surface area contributed by atoms with Crippen molar-refractivity contribution in [2.24, 2.45) is 16.3 Å². The number of amides is 1. The number of thiophene rings is 1. The normalized spacial score (nSPS) is 13.5. The Morgan fingerprint density at radius 3 is 2.58 bits per heavy atom. The first-order chi connectivity index (χ1) is 18.0. The summed E-state index contributed by atoms with van der Waals surface area (Å²) in [5, 5.41) is 12.9. The predicted octanol–water partition coefficient (Wildman–Crippen LogP) is 7.73. The number of ether oxygens (including phenoxy) is 1. The summed E-state index contributed by atoms with van der Waals surface area (Å²) in [6.45, 7) is 9.94. The minimum absolute atomic E-state index is 0.159. The number of aryl methyl sites for hydroxylation is 1. The van der Waals surface area contributed by atoms with Crippen LogP contribution in [0.15, 0.2) is 31.7 Å². The highest BCUT2D eigenvalue weighted by Crippen LogP contribution is 2.36. The van der Waals surface area contributed by atoms with E-state index in [1.807, 2.05) is 27.7 Å². The van der Waals surface area contributed by atoms with E-state index in [1.165, 1.54) is 55.5 Å². The maximum absolute atomic E-state index is 13.4. The Morgan fingerprint density at radius 1 is 1.18 bits per heavy atom. The van der Waals surface area contributed by atoms with Crippen LogP contribution in [0.4, 0.5) is 4.79 Å². The van der Waals surface area contributed by atoms with Gasteiger partial charge in [0.25, 0.3) is 0 Å². The van der Waals surface area contributed by atoms with Crippen LogP contribution < -0.4 is 5.63 Å². The minimum atomic E-state index is -0.808. The highest BCUT2D eigenvalue weighted by Gasteiger charge is 2.35. The average Bonchev–Trinajstić information content (AvgIpc) is 3.31. The van der Waals surface area contributed by atoms with E-state index in [2.05, 4.69) is 28.1 Å². The molecule has 0 bridgehead atoms. The van der Waals surface area contributed by atoms with Crippen LogP contribution in [-0.2, 0) is 17.6 Å². The minimum Gasteiger partial charge on any atom is -0.507 e. The van der Waals surface area contributed by atoms with Crippen molar-refractivity contribution in [3.8, 4) is 5.75 Å². The number of aliphatic imine (C=N–C) groups is 1. The van der Waals surface area contributed by atoms with E-state index in [4.69, 9.17) is 4.42 Å². The van der Waals surface area contributed by atoms with E-state index in [0.29, 0.717) is 31.4 Å². The lowest BCUT2D eigenvalue weighted by atomic mass is 9.73. The number of aromatic hydroxyl groups is 1. The van der Waals surface area contributed by atoms with Gasteiger partial charge < -0.3 is 14.3 Å². The van der Waals surface area contributed by atoms with E-state index in [-0.39, 0.29) is 17.2 Å². The van der Waals surface area contributed by atoms with E-state index < -0.39 is 28.8 Å². The number of hydrogen-bond donors (Lipinski definition) is 1. The standard InChI is InChI=1S/C30H43NO6S/c1-7-8-9-10-14-22-16-23(38-19-22)18-30(4,5)21(3)27(33)26-24(32)17-25(37-28(26)34)20(2)13-11-12-15-31-29(35)36-6/h15-17,19-21,32H,7-14,18H2,1-6H3. The van der Waals surface area contributed by atoms with Gasteiger partial charge in [-0.15, -0.1) is 11.3 Å². The Hall–Kier alpha value is -2.74. The van der Waals surface area contributed by atoms with Crippen LogP contribution in [0.1, 0.15) is 112 Å². The van der Waals surface area contributed by atoms with Crippen LogP contribution >= 0.6 is 11.3 Å². The highest BCUT2D eigenvalue weighted by atomic mass is 32.1. The molecule has 7 nitrogen and oxygen atoms in total. The van der Waals surface area contributed by atoms with Gasteiger partial charge in [-0.3, -0.25) is 4.79 Å². The van der Waals surface area contributed by atoms with Crippen molar-refractivity contribution in [2.45, 2.75) is 98.3 Å². The summed E-state index contributed by atoms with van der Waals surface area (Å²) in [5.74, 6) is -1.08. The molecule has 0 aliphatic carbocycles. The number of carbonyl (C=O) groups excluding carboxylic acids is 2. The fourth-order valence-corrected chi connectivity index (χ4v) is 5.56. The molecule has 2 unspecified atom stereocenters. The van der Waals surface area contributed by atoms with E-state index in [1.54, 1.807) is 11.3 Å². The molecule has 0 aromatic carbocycles. The largest absolute Gasteiger partial charge is 0.507 e. The topological polar surface area (TPSA) is 106 Å². The Morgan fingerprint density at radius 2 is 1.92 bits per heavy atom. The first-order valence-corrected chi connectivity index (χ1v) is 14.5. The van der Waals surface area contributed by atoms with Gasteiger partial charge in [0.15, 0.2) is 5.78 Å². The van der Waals surface area contributed by atoms with Crippen LogP contribution in [0.5, 0.6) is 5.75 Å². The van der Waals surface area contributed by atoms with Crippen LogP contribution in [0.3, 0.4) is 0 Å². The molecule has 2 heterocycles. The number of Topliss-reactive ketones (excluding diaryl/α,β-unsaturated/α-hetero) is 1. The zero-order valence-corrected chi connectivity index (χ0v) is 24.5. The van der Waals surface area contributed by atoms with Crippen LogP contribution in [0.2, 0.25) is 0 Å². The van der Waals surface area contributed by atoms with Gasteiger partial charge in [-0.25, -0.2) is 9.59 Å². The lowest BCUT2D eigenvalue weighted by Crippen LogP contribution is -2.33. The number of ketones is 1. The summed E-state index contributed by atoms with van der Waals surface area (Å²) in [7, 11) is 1.27. The average molecular weight is 546 g/mol. The molecule has 0 aliphatic rings. The third-order valence-electron chi connectivity index (χ3n) is 7.25. The molecule has 0 spiro atoms. The predicted molar refractivity (Wildman–Crippen MR) is 153 cm³/mol. The van der Waals surface area contributed by atoms with Gasteiger partial charge in [-0.2, -0.15) is 4.99 Å². The summed E-state index contributed by atoms with van der Waals surface area (Å²) in [6.07, 6.45) is 9.44. The van der Waals surface area contributed by atoms with Gasteiger partial charge in [0.1, 0.15) is 17.1 Å². The van der Waals surface area contributed by atoms with Gasteiger partial charge >= 0.3 is 11.7 Å². The summed E-state index contributed by atoms with van der Waals surface area (Å²) in [5.41, 5.74) is -0.167. The van der Waals surface area contributed by atoms with Gasteiger partial charge in [0, 0.05) is 29.0 Å². The SMILES string of the molecule is CCCCCCc1csc(CC(C)(C)C(C)C(=O)c2c(O)cc(C(C)CCCC=NC(=O)OC)oc2=O)c1. The van der Waals surface area contributed by atoms with E-state index in [0.717, 1.165) is 6.42 Å². The monoisotopic (exact) mass is 545 g/mol. The first kappa shape index (κ1) is 31.5. The number of rotatable bonds is 15. The van der Waals surface area contributed by atoms with Crippen molar-refractivity contribution in [2.75, 3.05) is 7.11 Å². The van der Waals surface area contributed by atoms with Crippen molar-refractivity contribution >= 4 is 29.4 Å². The number of nitrogens with zero attached hydrogens (tertiary/aromatic N) is 1. The molecule has 1 amide bonds. The second-order valence-electron chi connectivity index (χ2n) is 10.8. The molecule has 0 fully saturated rings. The van der Waals surface area contributed by atoms with Crippen LogP contribution in [0.25, 0.3) is 0 Å². The van der Waals surface area contributed by atoms with Gasteiger partial charge in [-0.1, -0.05) is 53.9 Å². The quantitative estimate of drug-likeness (QED) is 0.139. The molecule has 38 heavy (non-hydrogen) atoms. The lowest BCUT2D eigenvalue weighted by Gasteiger charge is -2.30. The molecule has 0 radical (unpaired) electrons. The van der Waals surface area contributed by atoms with Crippen molar-refractivity contribution in [1.82, 2.24) is 0 Å². The van der Waals surface area contributed by atoms with Crippen LogP contribution in [0, 0.1) is 11.3 Å². The number of unbranched alkanes of at least 4 members (excludes halogenated alkanes) is 4. The Balaban J connectivity index is 2.04. The van der Waals surface area contributed by atoms with E-state index >= 15 is 0 Å². The zero-order valence-electron chi connectivity index (χ0n) is 23.7. The highest BCUT2D eigenvalue weighted by molar-refractivity contribution is 7.10. The van der Waals surface area contributed by atoms with E-state index in [9.17, 15) is 19.5 Å². The number of methoxy groups -OCH3 is 1. The molecule has 0 aliphatic heterocycles. The molecule has 2 atom stereocenters. The fourth-order valence-electron chi connectivity index (χ4n) is 4.40. The summed E-state index contributed by atoms with van der Waals surface area (Å²) in [4.78, 5) is 42.0. The van der Waals surface area contributed by atoms with Crippen LogP contribution in [-0.4, -0.2) is 30.3 Å². The zero-order chi connectivity index (χ0) is 28.3. The summed E-state index contributed by atoms with van der Waals surface area (Å²) >= 11 is 1.72. The van der Waals surface area contributed by atoms with Crippen molar-refractivity contribution in [3.63, 3.8) is 0 Å². The molecule has 210 valence electrons. The van der Waals surface area contributed by atoms with Crippen molar-refractivity contribution in [3.05, 3.63) is 49.7 Å². The Kier molecular flexibility index (Phi) is 12.4. The lowest BCUT2D eigenvalue weighted by molar-refractivity contribution is 0.0812. The molecule has 8 heteroatoms. The summed E-state index contributed by atoms with van der Waals surface area (Å²) < 4.78 is 9.93. The first-order valence-electron chi connectivity index (χ1n) is 13.6. The molecular formula is C30H43NO6S. The number of hydrogen-bond acceptors (Lipinski definition) is 7. The molecule has 0 saturated heterocycles. The molecule has 0 saturated carbocycles. The summed E-state index contributed by atoms with van der Waals surface area (Å²) in [6, 6.07) is 3.62.